The number of hydrogen-bond acceptors (Lipinski definition) is 4. The van der Waals surface area contributed by atoms with E-state index in [-0.39, 0.29) is 11.9 Å². The molecule has 0 spiro atoms. The summed E-state index contributed by atoms with van der Waals surface area (Å²) >= 11 is 13.0. The van der Waals surface area contributed by atoms with Crippen LogP contribution in [0.1, 0.15) is 31.2 Å². The third kappa shape index (κ3) is 4.07. The number of benzene rings is 2. The van der Waals surface area contributed by atoms with Gasteiger partial charge in [0.1, 0.15) is 4.32 Å². The van der Waals surface area contributed by atoms with Crippen LogP contribution in [0.4, 0.5) is 0 Å². The van der Waals surface area contributed by atoms with Gasteiger partial charge in [0.2, 0.25) is 0 Å². The van der Waals surface area contributed by atoms with Crippen LogP contribution in [0.3, 0.4) is 0 Å². The standard InChI is InChI=1S/C24H20ClN3OS2/c25-18-12-10-16(11-13-18)22-17(15-27(26-22)19-6-2-1-3-7-19)14-21-23(29)28(24(30)31-21)20-8-4-5-9-20/h1-3,6-7,10-15,20H,4-5,8-9H2. The van der Waals surface area contributed by atoms with Gasteiger partial charge in [0, 0.05) is 28.4 Å². The van der Waals surface area contributed by atoms with Crippen LogP contribution in [-0.4, -0.2) is 30.9 Å². The van der Waals surface area contributed by atoms with Gasteiger partial charge >= 0.3 is 0 Å². The maximum absolute atomic E-state index is 13.2. The lowest BCUT2D eigenvalue weighted by molar-refractivity contribution is -0.123. The molecule has 2 aliphatic rings. The van der Waals surface area contributed by atoms with Gasteiger partial charge in [-0.25, -0.2) is 4.68 Å². The molecule has 1 aliphatic heterocycles. The Hall–Kier alpha value is -2.41. The Morgan fingerprint density at radius 1 is 1.06 bits per heavy atom. The van der Waals surface area contributed by atoms with Crippen molar-refractivity contribution in [1.82, 2.24) is 14.7 Å². The van der Waals surface area contributed by atoms with Gasteiger partial charge < -0.3 is 0 Å². The number of para-hydroxylation sites is 1. The van der Waals surface area contributed by atoms with Gasteiger partial charge in [0.15, 0.2) is 0 Å². The molecule has 1 amide bonds. The van der Waals surface area contributed by atoms with E-state index in [9.17, 15) is 4.79 Å². The lowest BCUT2D eigenvalue weighted by Crippen LogP contribution is -2.36. The van der Waals surface area contributed by atoms with Gasteiger partial charge in [-0.15, -0.1) is 0 Å². The Bertz CT molecular complexity index is 1170. The van der Waals surface area contributed by atoms with Crippen LogP contribution in [-0.2, 0) is 4.79 Å². The van der Waals surface area contributed by atoms with Gasteiger partial charge in [-0.2, -0.15) is 5.10 Å². The third-order valence-electron chi connectivity index (χ3n) is 5.68. The van der Waals surface area contributed by atoms with E-state index < -0.39 is 0 Å². The van der Waals surface area contributed by atoms with E-state index >= 15 is 0 Å². The molecular formula is C24H20ClN3OS2. The Labute approximate surface area is 195 Å². The molecule has 0 atom stereocenters. The maximum atomic E-state index is 13.2. The fourth-order valence-corrected chi connectivity index (χ4v) is 5.65. The van der Waals surface area contributed by atoms with Crippen LogP contribution in [0.2, 0.25) is 5.02 Å². The van der Waals surface area contributed by atoms with Crippen molar-refractivity contribution in [3.63, 3.8) is 0 Å². The minimum atomic E-state index is 0.0106. The van der Waals surface area contributed by atoms with Crippen LogP contribution in [0.15, 0.2) is 65.7 Å². The molecule has 5 rings (SSSR count). The topological polar surface area (TPSA) is 38.1 Å². The maximum Gasteiger partial charge on any atom is 0.266 e. The first kappa shape index (κ1) is 20.5. The molecule has 156 valence electrons. The quantitative estimate of drug-likeness (QED) is 0.333. The minimum absolute atomic E-state index is 0.0106. The molecule has 0 unspecified atom stereocenters. The summed E-state index contributed by atoms with van der Waals surface area (Å²) in [5, 5.41) is 5.50. The third-order valence-corrected chi connectivity index (χ3v) is 7.26. The highest BCUT2D eigenvalue weighted by Gasteiger charge is 2.38. The number of halogens is 1. The van der Waals surface area contributed by atoms with Gasteiger partial charge in [0.25, 0.3) is 5.91 Å². The first-order valence-corrected chi connectivity index (χ1v) is 11.9. The Balaban J connectivity index is 1.56. The zero-order valence-electron chi connectivity index (χ0n) is 16.7. The van der Waals surface area contributed by atoms with Crippen molar-refractivity contribution in [1.29, 1.82) is 0 Å². The van der Waals surface area contributed by atoms with E-state index in [1.807, 2.05) is 76.5 Å². The van der Waals surface area contributed by atoms with E-state index in [2.05, 4.69) is 0 Å². The van der Waals surface area contributed by atoms with Crippen molar-refractivity contribution in [2.45, 2.75) is 31.7 Å². The normalized spacial score (nSPS) is 18.5. The molecule has 1 aliphatic carbocycles. The van der Waals surface area contributed by atoms with Crippen LogP contribution < -0.4 is 0 Å². The number of amides is 1. The molecule has 2 aromatic carbocycles. The number of thioether (sulfide) groups is 1. The van der Waals surface area contributed by atoms with E-state index in [0.717, 1.165) is 48.2 Å². The zero-order valence-corrected chi connectivity index (χ0v) is 19.1. The van der Waals surface area contributed by atoms with Gasteiger partial charge in [0.05, 0.1) is 16.3 Å². The second-order valence-electron chi connectivity index (χ2n) is 7.71. The predicted molar refractivity (Wildman–Crippen MR) is 131 cm³/mol. The van der Waals surface area contributed by atoms with Gasteiger partial charge in [-0.1, -0.05) is 78.8 Å². The molecule has 0 bridgehead atoms. The summed E-state index contributed by atoms with van der Waals surface area (Å²) in [4.78, 5) is 15.7. The average molecular weight is 466 g/mol. The second kappa shape index (κ2) is 8.61. The summed E-state index contributed by atoms with van der Waals surface area (Å²) in [6.45, 7) is 0. The Morgan fingerprint density at radius 2 is 1.77 bits per heavy atom. The number of carbonyl (C=O) groups is 1. The van der Waals surface area contributed by atoms with Gasteiger partial charge in [-0.3, -0.25) is 9.69 Å². The molecule has 0 radical (unpaired) electrons. The number of hydrogen-bond donors (Lipinski definition) is 0. The summed E-state index contributed by atoms with van der Waals surface area (Å²) in [6.07, 6.45) is 8.26. The van der Waals surface area contributed by atoms with Crippen molar-refractivity contribution >= 4 is 51.9 Å². The van der Waals surface area contributed by atoms with Crippen LogP contribution in [0.5, 0.6) is 0 Å². The van der Waals surface area contributed by atoms with Crippen molar-refractivity contribution in [3.8, 4) is 16.9 Å². The molecule has 4 nitrogen and oxygen atoms in total. The highest BCUT2D eigenvalue weighted by molar-refractivity contribution is 8.26. The molecule has 31 heavy (non-hydrogen) atoms. The van der Waals surface area contributed by atoms with E-state index in [0.29, 0.717) is 14.2 Å². The Morgan fingerprint density at radius 3 is 2.48 bits per heavy atom. The highest BCUT2D eigenvalue weighted by atomic mass is 35.5. The lowest BCUT2D eigenvalue weighted by Gasteiger charge is -2.21. The fraction of sp³-hybridized carbons (Fsp3) is 0.208. The van der Waals surface area contributed by atoms with Crippen LogP contribution >= 0.6 is 35.6 Å². The minimum Gasteiger partial charge on any atom is -0.290 e. The fourth-order valence-electron chi connectivity index (χ4n) is 4.14. The average Bonchev–Trinajstić information content (AvgIpc) is 3.50. The SMILES string of the molecule is O=C1C(=Cc2cn(-c3ccccc3)nc2-c2ccc(Cl)cc2)SC(=S)N1C1CCCC1. The number of carbonyl (C=O) groups excluding carboxylic acids is 1. The molecule has 1 saturated heterocycles. The van der Waals surface area contributed by atoms with Gasteiger partial charge in [-0.05, 0) is 43.2 Å². The molecular weight excluding hydrogens is 446 g/mol. The van der Waals surface area contributed by atoms with Crippen molar-refractivity contribution in [2.24, 2.45) is 0 Å². The summed E-state index contributed by atoms with van der Waals surface area (Å²) in [7, 11) is 0. The lowest BCUT2D eigenvalue weighted by atomic mass is 10.1. The number of nitrogens with zero attached hydrogens (tertiary/aromatic N) is 3. The second-order valence-corrected chi connectivity index (χ2v) is 9.82. The predicted octanol–water partition coefficient (Wildman–Crippen LogP) is 6.34. The van der Waals surface area contributed by atoms with Crippen molar-refractivity contribution < 1.29 is 4.79 Å². The first-order valence-electron chi connectivity index (χ1n) is 10.3. The van der Waals surface area contributed by atoms with E-state index in [1.54, 1.807) is 0 Å². The Kier molecular flexibility index (Phi) is 5.69. The molecule has 0 N–H and O–H groups in total. The largest absolute Gasteiger partial charge is 0.290 e. The number of aromatic nitrogens is 2. The molecule has 3 aromatic rings. The summed E-state index contributed by atoms with van der Waals surface area (Å²) in [5.41, 5.74) is 3.57. The monoisotopic (exact) mass is 465 g/mol. The van der Waals surface area contributed by atoms with Crippen molar-refractivity contribution in [3.05, 3.63) is 76.3 Å². The van der Waals surface area contributed by atoms with Crippen molar-refractivity contribution in [2.75, 3.05) is 0 Å². The molecule has 2 fully saturated rings. The number of rotatable bonds is 4. The van der Waals surface area contributed by atoms with Crippen LogP contribution in [0.25, 0.3) is 23.0 Å². The first-order chi connectivity index (χ1) is 15.1. The van der Waals surface area contributed by atoms with E-state index in [1.165, 1.54) is 11.8 Å². The smallest absolute Gasteiger partial charge is 0.266 e. The summed E-state index contributed by atoms with van der Waals surface area (Å²) in [5.74, 6) is 0.0106. The molecule has 1 aromatic heterocycles. The zero-order chi connectivity index (χ0) is 21.4. The molecule has 7 heteroatoms. The highest BCUT2D eigenvalue weighted by Crippen LogP contribution is 2.39. The van der Waals surface area contributed by atoms with Crippen LogP contribution in [0, 0.1) is 0 Å². The molecule has 1 saturated carbocycles. The molecule has 2 heterocycles. The summed E-state index contributed by atoms with van der Waals surface area (Å²) < 4.78 is 2.50. The summed E-state index contributed by atoms with van der Waals surface area (Å²) in [6, 6.07) is 17.8. The van der Waals surface area contributed by atoms with E-state index in [4.69, 9.17) is 28.9 Å². The number of thiocarbonyl (C=S) groups is 1.